The normalized spacial score (nSPS) is 18.4. The molecule has 0 spiro atoms. The Morgan fingerprint density at radius 1 is 1.13 bits per heavy atom. The van der Waals surface area contributed by atoms with E-state index in [2.05, 4.69) is 31.4 Å². The van der Waals surface area contributed by atoms with Crippen LogP contribution in [0.5, 0.6) is 0 Å². The monoisotopic (exact) mass is 544 g/mol. The van der Waals surface area contributed by atoms with Gasteiger partial charge < -0.3 is 15.3 Å². The first kappa shape index (κ1) is 28.4. The minimum atomic E-state index is -3.25. The van der Waals surface area contributed by atoms with E-state index in [1.54, 1.807) is 35.2 Å². The number of hydrogen-bond acceptors (Lipinski definition) is 9. The van der Waals surface area contributed by atoms with Crippen molar-refractivity contribution in [2.75, 3.05) is 43.8 Å². The van der Waals surface area contributed by atoms with Gasteiger partial charge in [0.05, 0.1) is 41.5 Å². The minimum absolute atomic E-state index is 0.0410. The molecule has 2 N–H and O–H groups in total. The second-order valence-corrected chi connectivity index (χ2v) is 13.1. The van der Waals surface area contributed by atoms with Crippen molar-refractivity contribution in [3.8, 4) is 17.3 Å². The van der Waals surface area contributed by atoms with Crippen LogP contribution in [0, 0.1) is 11.3 Å². The van der Waals surface area contributed by atoms with Crippen LogP contribution in [-0.4, -0.2) is 92.6 Å². The number of nitrogens with zero attached hydrogens (tertiary/aromatic N) is 7. The van der Waals surface area contributed by atoms with Gasteiger partial charge in [-0.3, -0.25) is 4.68 Å². The van der Waals surface area contributed by atoms with Crippen LogP contribution in [0.3, 0.4) is 0 Å². The summed E-state index contributed by atoms with van der Waals surface area (Å²) >= 11 is 0. The van der Waals surface area contributed by atoms with Crippen molar-refractivity contribution in [3.63, 3.8) is 0 Å². The van der Waals surface area contributed by atoms with Crippen LogP contribution in [-0.2, 0) is 16.6 Å². The summed E-state index contributed by atoms with van der Waals surface area (Å²) in [5.41, 5.74) is 0.545. The Bertz CT molecular complexity index is 1200. The summed E-state index contributed by atoms with van der Waals surface area (Å²) in [4.78, 5) is 11.3. The van der Waals surface area contributed by atoms with Gasteiger partial charge in [-0.2, -0.15) is 10.4 Å². The fraction of sp³-hybridized carbons (Fsp3) is 0.692. The third-order valence-electron chi connectivity index (χ3n) is 7.12. The fourth-order valence-electron chi connectivity index (χ4n) is 5.11. The van der Waals surface area contributed by atoms with Crippen LogP contribution in [0.25, 0.3) is 11.3 Å². The highest BCUT2D eigenvalue weighted by Crippen LogP contribution is 2.24. The standard InChI is InChI=1S/C26H40N8O3S/c1-26(2,35)20-33-19-22(18-29-33)24-21(16-27)17-28-25(31-24)30-23-8-13-34(14-9-23)38(36,37)15-7-6-12-32-10-4-3-5-11-32/h17-19,23,35H,3-15,20H2,1-2H3,(H,28,30,31). The lowest BCUT2D eigenvalue weighted by atomic mass is 10.1. The molecule has 12 heteroatoms. The summed E-state index contributed by atoms with van der Waals surface area (Å²) < 4.78 is 29.0. The highest BCUT2D eigenvalue weighted by Gasteiger charge is 2.28. The minimum Gasteiger partial charge on any atom is -0.389 e. The van der Waals surface area contributed by atoms with Gasteiger partial charge in [-0.15, -0.1) is 0 Å². The molecule has 2 aliphatic heterocycles. The Morgan fingerprint density at radius 3 is 2.55 bits per heavy atom. The predicted molar refractivity (Wildman–Crippen MR) is 146 cm³/mol. The molecule has 0 aromatic carbocycles. The van der Waals surface area contributed by atoms with Crippen LogP contribution in [0.2, 0.25) is 0 Å². The topological polar surface area (TPSA) is 140 Å². The molecule has 38 heavy (non-hydrogen) atoms. The van der Waals surface area contributed by atoms with E-state index in [1.807, 2.05) is 0 Å². The van der Waals surface area contributed by atoms with Gasteiger partial charge >= 0.3 is 0 Å². The number of anilines is 1. The molecule has 0 saturated carbocycles. The largest absolute Gasteiger partial charge is 0.389 e. The van der Waals surface area contributed by atoms with Gasteiger partial charge in [0.25, 0.3) is 0 Å². The SMILES string of the molecule is CC(C)(O)Cn1cc(-c2nc(NC3CCN(S(=O)(=O)CCCCN4CCCCC4)CC3)ncc2C#N)cn1. The molecule has 2 fully saturated rings. The van der Waals surface area contributed by atoms with Crippen molar-refractivity contribution in [1.82, 2.24) is 29.0 Å². The molecular weight excluding hydrogens is 504 g/mol. The number of aromatic nitrogens is 4. The molecule has 11 nitrogen and oxygen atoms in total. The lowest BCUT2D eigenvalue weighted by Gasteiger charge is -2.32. The first-order chi connectivity index (χ1) is 18.1. The zero-order valence-corrected chi connectivity index (χ0v) is 23.3. The van der Waals surface area contributed by atoms with E-state index in [0.717, 1.165) is 26.1 Å². The summed E-state index contributed by atoms with van der Waals surface area (Å²) in [5.74, 6) is 0.607. The van der Waals surface area contributed by atoms with Crippen molar-refractivity contribution >= 4 is 16.0 Å². The van der Waals surface area contributed by atoms with Gasteiger partial charge in [-0.1, -0.05) is 6.42 Å². The van der Waals surface area contributed by atoms with Gasteiger partial charge in [0.1, 0.15) is 6.07 Å². The van der Waals surface area contributed by atoms with Crippen LogP contribution in [0.15, 0.2) is 18.6 Å². The average molecular weight is 545 g/mol. The number of nitrogens with one attached hydrogen (secondary N) is 1. The number of rotatable bonds is 11. The summed E-state index contributed by atoms with van der Waals surface area (Å²) in [6, 6.07) is 2.17. The Morgan fingerprint density at radius 2 is 1.87 bits per heavy atom. The third kappa shape index (κ3) is 7.96. The maximum atomic E-state index is 12.9. The highest BCUT2D eigenvalue weighted by molar-refractivity contribution is 7.89. The summed E-state index contributed by atoms with van der Waals surface area (Å²) in [6.07, 6.45) is 11.6. The Balaban J connectivity index is 1.29. The zero-order valence-electron chi connectivity index (χ0n) is 22.5. The van der Waals surface area contributed by atoms with E-state index in [9.17, 15) is 18.8 Å². The van der Waals surface area contributed by atoms with Crippen LogP contribution >= 0.6 is 0 Å². The molecular formula is C26H40N8O3S. The lowest BCUT2D eigenvalue weighted by molar-refractivity contribution is 0.0577. The number of aliphatic hydroxyl groups is 1. The first-order valence-corrected chi connectivity index (χ1v) is 15.2. The molecule has 208 valence electrons. The molecule has 4 heterocycles. The van der Waals surface area contributed by atoms with Crippen LogP contribution in [0.4, 0.5) is 5.95 Å². The molecule has 0 radical (unpaired) electrons. The zero-order chi connectivity index (χ0) is 27.2. The van der Waals surface area contributed by atoms with Crippen molar-refractivity contribution in [2.45, 2.75) is 77.0 Å². The van der Waals surface area contributed by atoms with Gasteiger partial charge in [-0.25, -0.2) is 22.7 Å². The van der Waals surface area contributed by atoms with Crippen molar-refractivity contribution in [3.05, 3.63) is 24.2 Å². The van der Waals surface area contributed by atoms with Crippen LogP contribution in [0.1, 0.15) is 64.4 Å². The smallest absolute Gasteiger partial charge is 0.223 e. The van der Waals surface area contributed by atoms with Crippen molar-refractivity contribution in [2.24, 2.45) is 0 Å². The third-order valence-corrected chi connectivity index (χ3v) is 9.08. The summed E-state index contributed by atoms with van der Waals surface area (Å²) in [5, 5.41) is 27.2. The van der Waals surface area contributed by atoms with Crippen molar-refractivity contribution in [1.29, 1.82) is 5.26 Å². The summed E-state index contributed by atoms with van der Waals surface area (Å²) in [6.45, 7) is 7.94. The van der Waals surface area contributed by atoms with E-state index >= 15 is 0 Å². The molecule has 0 aliphatic carbocycles. The molecule has 0 unspecified atom stereocenters. The molecule has 2 saturated heterocycles. The van der Waals surface area contributed by atoms with E-state index < -0.39 is 15.6 Å². The number of likely N-dealkylation sites (tertiary alicyclic amines) is 1. The fourth-order valence-corrected chi connectivity index (χ4v) is 6.71. The van der Waals surface area contributed by atoms with Gasteiger partial charge in [0, 0.05) is 30.9 Å². The van der Waals surface area contributed by atoms with Crippen LogP contribution < -0.4 is 5.32 Å². The second-order valence-electron chi connectivity index (χ2n) is 11.0. The highest BCUT2D eigenvalue weighted by atomic mass is 32.2. The second kappa shape index (κ2) is 12.5. The molecule has 0 bridgehead atoms. The van der Waals surface area contributed by atoms with E-state index in [-0.39, 0.29) is 11.8 Å². The van der Waals surface area contributed by atoms with E-state index in [1.165, 1.54) is 25.5 Å². The Labute approximate surface area is 225 Å². The quantitative estimate of drug-likeness (QED) is 0.408. The molecule has 2 aliphatic rings. The number of piperidine rings is 2. The van der Waals surface area contributed by atoms with Gasteiger partial charge in [0.2, 0.25) is 16.0 Å². The van der Waals surface area contributed by atoms with E-state index in [4.69, 9.17) is 0 Å². The van der Waals surface area contributed by atoms with Gasteiger partial charge in [0.15, 0.2) is 0 Å². The molecule has 4 rings (SSSR count). The number of hydrogen-bond donors (Lipinski definition) is 2. The molecule has 0 atom stereocenters. The molecule has 2 aromatic rings. The Kier molecular flexibility index (Phi) is 9.36. The number of nitriles is 1. The van der Waals surface area contributed by atoms with E-state index in [0.29, 0.717) is 61.7 Å². The maximum Gasteiger partial charge on any atom is 0.223 e. The molecule has 2 aromatic heterocycles. The maximum absolute atomic E-state index is 12.9. The average Bonchev–Trinajstić information content (AvgIpc) is 3.34. The van der Waals surface area contributed by atoms with Gasteiger partial charge in [-0.05, 0) is 72.0 Å². The first-order valence-electron chi connectivity index (χ1n) is 13.6. The predicted octanol–water partition coefficient (Wildman–Crippen LogP) is 2.45. The lowest BCUT2D eigenvalue weighted by Crippen LogP contribution is -2.43. The molecule has 0 amide bonds. The number of unbranched alkanes of at least 4 members (excludes halogenated alkanes) is 1. The summed E-state index contributed by atoms with van der Waals surface area (Å²) in [7, 11) is -3.25. The number of sulfonamides is 1. The van der Waals surface area contributed by atoms with Crippen molar-refractivity contribution < 1.29 is 13.5 Å². The Hall–Kier alpha value is -2.59.